The number of hydrogen-bond donors (Lipinski definition) is 0. The van der Waals surface area contributed by atoms with Crippen molar-refractivity contribution in [3.8, 4) is 5.75 Å². The summed E-state index contributed by atoms with van der Waals surface area (Å²) < 4.78 is 26.8. The molecule has 0 radical (unpaired) electrons. The Hall–Kier alpha value is -2.41. The van der Waals surface area contributed by atoms with E-state index in [0.717, 1.165) is 43.0 Å². The molecule has 4 rings (SSSR count). The lowest BCUT2D eigenvalue weighted by Crippen LogP contribution is -2.38. The van der Waals surface area contributed by atoms with Gasteiger partial charge in [0.2, 0.25) is 0 Å². The molecule has 2 heterocycles. The molecule has 1 atom stereocenters. The van der Waals surface area contributed by atoms with Crippen LogP contribution in [0.25, 0.3) is 0 Å². The van der Waals surface area contributed by atoms with Gasteiger partial charge >= 0.3 is 0 Å². The molecule has 1 fully saturated rings. The Morgan fingerprint density at radius 3 is 2.80 bits per heavy atom. The normalized spacial score (nSPS) is 17.2. The van der Waals surface area contributed by atoms with E-state index in [0.29, 0.717) is 24.0 Å². The minimum atomic E-state index is -0.210. The number of nitrogens with zero attached hydrogens (tertiary/aromatic N) is 3. The zero-order valence-corrected chi connectivity index (χ0v) is 17.7. The quantitative estimate of drug-likeness (QED) is 0.557. The molecule has 158 valence electrons. The maximum atomic E-state index is 13.1. The predicted octanol–water partition coefficient (Wildman–Crippen LogP) is 4.41. The second kappa shape index (κ2) is 9.60. The summed E-state index contributed by atoms with van der Waals surface area (Å²) in [4.78, 5) is 2.32. The van der Waals surface area contributed by atoms with E-state index < -0.39 is 0 Å². The van der Waals surface area contributed by atoms with E-state index in [1.807, 2.05) is 48.1 Å². The smallest absolute Gasteiger partial charge is 0.137 e. The molecule has 0 N–H and O–H groups in total. The maximum Gasteiger partial charge on any atom is 0.137 e. The summed E-state index contributed by atoms with van der Waals surface area (Å²) in [7, 11) is 1.94. The van der Waals surface area contributed by atoms with Gasteiger partial charge in [-0.3, -0.25) is 9.58 Å². The summed E-state index contributed by atoms with van der Waals surface area (Å²) in [6.45, 7) is 3.53. The van der Waals surface area contributed by atoms with Crippen LogP contribution in [0.1, 0.15) is 23.1 Å². The van der Waals surface area contributed by atoms with Crippen LogP contribution in [0.3, 0.4) is 0 Å². The van der Waals surface area contributed by atoms with Gasteiger partial charge in [0.1, 0.15) is 17.7 Å². The first-order valence-corrected chi connectivity index (χ1v) is 10.4. The third kappa shape index (κ3) is 5.19. The van der Waals surface area contributed by atoms with Gasteiger partial charge in [0.05, 0.1) is 23.9 Å². The zero-order chi connectivity index (χ0) is 20.9. The van der Waals surface area contributed by atoms with Crippen molar-refractivity contribution >= 4 is 11.6 Å². The molecule has 2 aromatic carbocycles. The Morgan fingerprint density at radius 2 is 2.00 bits per heavy atom. The fraction of sp³-hybridized carbons (Fsp3) is 0.348. The third-order valence-corrected chi connectivity index (χ3v) is 5.56. The van der Waals surface area contributed by atoms with E-state index in [9.17, 15) is 4.39 Å². The minimum Gasteiger partial charge on any atom is -0.492 e. The standard InChI is InChI=1S/C23H25ClFN3O2/c1-27-19(10-12-29-22-5-3-2-4-20(22)24)14-21(26-27)23-16-28(11-13-30-23)15-17-6-8-18(25)9-7-17/h2-9,14,23H,10-13,15-16H2,1H3/t23-/m0/s1. The third-order valence-electron chi connectivity index (χ3n) is 5.25. The SMILES string of the molecule is Cn1nc([C@@H]2CN(Cc3ccc(F)cc3)CCO2)cc1CCOc1ccccc1Cl. The molecule has 30 heavy (non-hydrogen) atoms. The molecule has 0 amide bonds. The summed E-state index contributed by atoms with van der Waals surface area (Å²) in [6.07, 6.45) is 0.643. The number of rotatable bonds is 7. The highest BCUT2D eigenvalue weighted by molar-refractivity contribution is 6.32. The number of aromatic nitrogens is 2. The molecule has 7 heteroatoms. The molecule has 1 aliphatic heterocycles. The highest BCUT2D eigenvalue weighted by atomic mass is 35.5. The number of para-hydroxylation sites is 1. The van der Waals surface area contributed by atoms with Crippen molar-refractivity contribution in [1.29, 1.82) is 0 Å². The number of ether oxygens (including phenoxy) is 2. The lowest BCUT2D eigenvalue weighted by atomic mass is 10.1. The van der Waals surface area contributed by atoms with Gasteiger partial charge in [0.15, 0.2) is 0 Å². The fourth-order valence-electron chi connectivity index (χ4n) is 3.62. The molecule has 3 aromatic rings. The summed E-state index contributed by atoms with van der Waals surface area (Å²) >= 11 is 6.14. The van der Waals surface area contributed by atoms with Crippen molar-refractivity contribution in [2.24, 2.45) is 7.05 Å². The Morgan fingerprint density at radius 1 is 1.20 bits per heavy atom. The van der Waals surface area contributed by atoms with Crippen molar-refractivity contribution in [2.45, 2.75) is 19.1 Å². The van der Waals surface area contributed by atoms with E-state index in [-0.39, 0.29) is 11.9 Å². The number of aryl methyl sites for hydroxylation is 1. The van der Waals surface area contributed by atoms with Crippen LogP contribution in [-0.2, 0) is 24.8 Å². The monoisotopic (exact) mass is 429 g/mol. The predicted molar refractivity (Wildman–Crippen MR) is 114 cm³/mol. The highest BCUT2D eigenvalue weighted by Crippen LogP contribution is 2.25. The topological polar surface area (TPSA) is 39.5 Å². The largest absolute Gasteiger partial charge is 0.492 e. The van der Waals surface area contributed by atoms with Gasteiger partial charge < -0.3 is 9.47 Å². The molecule has 0 unspecified atom stereocenters. The van der Waals surface area contributed by atoms with Gasteiger partial charge in [-0.1, -0.05) is 35.9 Å². The van der Waals surface area contributed by atoms with Gasteiger partial charge in [-0.25, -0.2) is 4.39 Å². The van der Waals surface area contributed by atoms with Crippen LogP contribution in [0.5, 0.6) is 5.75 Å². The van der Waals surface area contributed by atoms with E-state index >= 15 is 0 Å². The van der Waals surface area contributed by atoms with Crippen LogP contribution in [0.4, 0.5) is 4.39 Å². The molecule has 0 spiro atoms. The second-order valence-electron chi connectivity index (χ2n) is 7.43. The molecule has 1 saturated heterocycles. The van der Waals surface area contributed by atoms with Crippen LogP contribution in [-0.4, -0.2) is 41.0 Å². The maximum absolute atomic E-state index is 13.1. The first-order chi connectivity index (χ1) is 14.6. The molecule has 0 saturated carbocycles. The van der Waals surface area contributed by atoms with E-state index in [1.165, 1.54) is 12.1 Å². The number of morpholine rings is 1. The van der Waals surface area contributed by atoms with Crippen molar-refractivity contribution < 1.29 is 13.9 Å². The zero-order valence-electron chi connectivity index (χ0n) is 16.9. The first-order valence-electron chi connectivity index (χ1n) is 10.1. The highest BCUT2D eigenvalue weighted by Gasteiger charge is 2.25. The van der Waals surface area contributed by atoms with Crippen LogP contribution in [0.2, 0.25) is 5.02 Å². The van der Waals surface area contributed by atoms with E-state index in [2.05, 4.69) is 16.1 Å². The van der Waals surface area contributed by atoms with Crippen LogP contribution >= 0.6 is 11.6 Å². The summed E-state index contributed by atoms with van der Waals surface area (Å²) in [5, 5.41) is 5.28. The summed E-state index contributed by atoms with van der Waals surface area (Å²) in [5.74, 6) is 0.478. The molecule has 1 aliphatic rings. The lowest BCUT2D eigenvalue weighted by molar-refractivity contribution is -0.0352. The molecule has 5 nitrogen and oxygen atoms in total. The van der Waals surface area contributed by atoms with Crippen molar-refractivity contribution in [1.82, 2.24) is 14.7 Å². The minimum absolute atomic E-state index is 0.0800. The van der Waals surface area contributed by atoms with Gasteiger partial charge in [-0.2, -0.15) is 5.10 Å². The van der Waals surface area contributed by atoms with Crippen molar-refractivity contribution in [3.63, 3.8) is 0 Å². The van der Waals surface area contributed by atoms with Crippen molar-refractivity contribution in [3.05, 3.63) is 82.4 Å². The Bertz CT molecular complexity index is 977. The van der Waals surface area contributed by atoms with Crippen LogP contribution in [0.15, 0.2) is 54.6 Å². The number of benzene rings is 2. The van der Waals surface area contributed by atoms with Gasteiger partial charge in [-0.15, -0.1) is 0 Å². The van der Waals surface area contributed by atoms with E-state index in [4.69, 9.17) is 21.1 Å². The molecule has 0 aliphatic carbocycles. The Labute approximate surface area is 181 Å². The molecular formula is C23H25ClFN3O2. The Kier molecular flexibility index (Phi) is 6.67. The number of hydrogen-bond acceptors (Lipinski definition) is 4. The lowest BCUT2D eigenvalue weighted by Gasteiger charge is -2.32. The second-order valence-corrected chi connectivity index (χ2v) is 7.84. The van der Waals surface area contributed by atoms with Crippen LogP contribution in [0, 0.1) is 5.82 Å². The average Bonchev–Trinajstić information content (AvgIpc) is 3.12. The van der Waals surface area contributed by atoms with Crippen LogP contribution < -0.4 is 4.74 Å². The Balaban J connectivity index is 1.34. The van der Waals surface area contributed by atoms with Gasteiger partial charge in [0.25, 0.3) is 0 Å². The number of halogens is 2. The van der Waals surface area contributed by atoms with E-state index in [1.54, 1.807) is 0 Å². The molecular weight excluding hydrogens is 405 g/mol. The van der Waals surface area contributed by atoms with Gasteiger partial charge in [0, 0.05) is 38.8 Å². The average molecular weight is 430 g/mol. The fourth-order valence-corrected chi connectivity index (χ4v) is 3.81. The van der Waals surface area contributed by atoms with Gasteiger partial charge in [-0.05, 0) is 35.9 Å². The first kappa shape index (κ1) is 20.8. The molecule has 0 bridgehead atoms. The summed E-state index contributed by atoms with van der Waals surface area (Å²) in [6, 6.07) is 16.2. The summed E-state index contributed by atoms with van der Waals surface area (Å²) in [5.41, 5.74) is 3.10. The van der Waals surface area contributed by atoms with Crippen molar-refractivity contribution in [2.75, 3.05) is 26.3 Å². The molecule has 1 aromatic heterocycles.